The second kappa shape index (κ2) is 9.25. The Hall–Kier alpha value is -2.63. The lowest BCUT2D eigenvalue weighted by molar-refractivity contribution is -0.126. The Morgan fingerprint density at radius 1 is 0.806 bits per heavy atom. The van der Waals surface area contributed by atoms with Crippen molar-refractivity contribution in [1.29, 1.82) is 0 Å². The van der Waals surface area contributed by atoms with Gasteiger partial charge in [0.15, 0.2) is 17.3 Å². The number of carbonyl (C=O) groups is 3. The van der Waals surface area contributed by atoms with Gasteiger partial charge in [0.05, 0.1) is 19.7 Å². The number of ether oxygens (including phenoxy) is 2. The number of hydrogen-bond acceptors (Lipinski definition) is 5. The fraction of sp³-hybridized carbons (Fsp3) is 0.560. The Morgan fingerprint density at radius 3 is 1.84 bits per heavy atom. The van der Waals surface area contributed by atoms with E-state index in [1.165, 1.54) is 0 Å². The molecule has 0 saturated carbocycles. The van der Waals surface area contributed by atoms with Gasteiger partial charge in [-0.05, 0) is 12.5 Å². The summed E-state index contributed by atoms with van der Waals surface area (Å²) in [4.78, 5) is 41.4. The predicted molar refractivity (Wildman–Crippen MR) is 122 cm³/mol. The molecule has 1 aromatic carbocycles. The summed E-state index contributed by atoms with van der Waals surface area (Å²) >= 11 is 0. The minimum atomic E-state index is -0.487. The highest BCUT2D eigenvalue weighted by Gasteiger charge is 2.26. The van der Waals surface area contributed by atoms with Gasteiger partial charge in [-0.15, -0.1) is 0 Å². The molecular weight excluding hydrogens is 394 g/mol. The van der Waals surface area contributed by atoms with Crippen molar-refractivity contribution < 1.29 is 23.9 Å². The summed E-state index contributed by atoms with van der Waals surface area (Å²) in [6, 6.07) is 3.57. The van der Waals surface area contributed by atoms with Crippen molar-refractivity contribution in [3.63, 3.8) is 0 Å². The molecule has 2 aromatic rings. The Bertz CT molecular complexity index is 986. The van der Waals surface area contributed by atoms with E-state index in [0.717, 1.165) is 5.52 Å². The van der Waals surface area contributed by atoms with Crippen LogP contribution in [0.5, 0.6) is 11.5 Å². The molecule has 0 saturated heterocycles. The van der Waals surface area contributed by atoms with E-state index < -0.39 is 10.8 Å². The fourth-order valence-corrected chi connectivity index (χ4v) is 3.42. The van der Waals surface area contributed by atoms with Gasteiger partial charge in [0, 0.05) is 52.8 Å². The summed E-state index contributed by atoms with van der Waals surface area (Å²) in [7, 11) is 3.10. The summed E-state index contributed by atoms with van der Waals surface area (Å²) in [5, 5.41) is 0.712. The summed E-state index contributed by atoms with van der Waals surface area (Å²) in [5.74, 6) is 1.13. The molecule has 0 radical (unpaired) electrons. The number of Topliss-reactive ketones (excluding diaryl/α,β-unsaturated/α-hetero) is 3. The maximum atomic E-state index is 13.2. The van der Waals surface area contributed by atoms with Crippen LogP contribution in [0.3, 0.4) is 0 Å². The zero-order valence-corrected chi connectivity index (χ0v) is 20.0. The number of ketones is 3. The van der Waals surface area contributed by atoms with Gasteiger partial charge in [0.2, 0.25) is 0 Å². The minimum Gasteiger partial charge on any atom is -0.493 e. The summed E-state index contributed by atoms with van der Waals surface area (Å²) in [6.45, 7) is 11.2. The molecule has 0 spiro atoms. The second-order valence-electron chi connectivity index (χ2n) is 10.0. The van der Waals surface area contributed by atoms with E-state index in [4.69, 9.17) is 9.47 Å². The van der Waals surface area contributed by atoms with Crippen molar-refractivity contribution in [2.75, 3.05) is 14.2 Å². The van der Waals surface area contributed by atoms with E-state index in [1.807, 2.05) is 41.5 Å². The smallest absolute Gasteiger partial charge is 0.165 e. The van der Waals surface area contributed by atoms with E-state index >= 15 is 0 Å². The van der Waals surface area contributed by atoms with Crippen molar-refractivity contribution >= 4 is 28.3 Å². The van der Waals surface area contributed by atoms with E-state index in [1.54, 1.807) is 26.4 Å². The molecule has 0 fully saturated rings. The Labute approximate surface area is 184 Å². The van der Waals surface area contributed by atoms with Crippen molar-refractivity contribution in [2.45, 2.75) is 67.2 Å². The third kappa shape index (κ3) is 5.75. The Kier molecular flexibility index (Phi) is 7.35. The van der Waals surface area contributed by atoms with Gasteiger partial charge < -0.3 is 14.5 Å². The Balaban J connectivity index is 2.46. The van der Waals surface area contributed by atoms with Crippen LogP contribution in [-0.2, 0) is 16.0 Å². The zero-order chi connectivity index (χ0) is 23.6. The third-order valence-electron chi connectivity index (χ3n) is 5.51. The zero-order valence-electron chi connectivity index (χ0n) is 20.0. The molecule has 0 unspecified atom stereocenters. The lowest BCUT2D eigenvalue weighted by Gasteiger charge is -2.17. The molecule has 6 nitrogen and oxygen atoms in total. The van der Waals surface area contributed by atoms with Crippen LogP contribution in [0.1, 0.15) is 76.9 Å². The van der Waals surface area contributed by atoms with Gasteiger partial charge >= 0.3 is 0 Å². The average Bonchev–Trinajstić information content (AvgIpc) is 3.04. The number of aromatic nitrogens is 1. The van der Waals surface area contributed by atoms with Gasteiger partial charge in [0.1, 0.15) is 11.6 Å². The monoisotopic (exact) mass is 429 g/mol. The number of hydrogen-bond donors (Lipinski definition) is 1. The van der Waals surface area contributed by atoms with Crippen molar-refractivity contribution in [3.05, 3.63) is 23.4 Å². The molecule has 0 aliphatic carbocycles. The van der Waals surface area contributed by atoms with Crippen molar-refractivity contribution in [1.82, 2.24) is 4.98 Å². The number of fused-ring (bicyclic) bond motifs is 1. The molecule has 0 aliphatic rings. The molecule has 2 rings (SSSR count). The molecule has 0 amide bonds. The van der Waals surface area contributed by atoms with Gasteiger partial charge in [-0.1, -0.05) is 41.5 Å². The SMILES string of the molecule is COc1cc2[nH]c(CCC(=O)C(C)(C)C)c(C(=O)CCC(=O)C(C)(C)C)c2cc1OC. The van der Waals surface area contributed by atoms with Crippen LogP contribution in [0.15, 0.2) is 12.1 Å². The van der Waals surface area contributed by atoms with Crippen molar-refractivity contribution in [2.24, 2.45) is 10.8 Å². The van der Waals surface area contributed by atoms with E-state index in [9.17, 15) is 14.4 Å². The lowest BCUT2D eigenvalue weighted by Crippen LogP contribution is -2.21. The van der Waals surface area contributed by atoms with Crippen LogP contribution >= 0.6 is 0 Å². The van der Waals surface area contributed by atoms with Crippen LogP contribution in [0.2, 0.25) is 0 Å². The first-order valence-electron chi connectivity index (χ1n) is 10.7. The van der Waals surface area contributed by atoms with Crippen LogP contribution in [0, 0.1) is 10.8 Å². The quantitative estimate of drug-likeness (QED) is 0.546. The fourth-order valence-electron chi connectivity index (χ4n) is 3.42. The number of benzene rings is 1. The van der Waals surface area contributed by atoms with E-state index in [-0.39, 0.29) is 30.2 Å². The van der Waals surface area contributed by atoms with E-state index in [0.29, 0.717) is 41.0 Å². The first-order chi connectivity index (χ1) is 14.3. The number of carbonyl (C=O) groups excluding carboxylic acids is 3. The summed E-state index contributed by atoms with van der Waals surface area (Å²) in [6.07, 6.45) is 1.05. The first kappa shape index (κ1) is 24.6. The predicted octanol–water partition coefficient (Wildman–Crippen LogP) is 5.31. The van der Waals surface area contributed by atoms with Crippen molar-refractivity contribution in [3.8, 4) is 11.5 Å². The summed E-state index contributed by atoms with van der Waals surface area (Å²) in [5.41, 5.74) is 1.04. The van der Waals surface area contributed by atoms with Gasteiger partial charge in [-0.2, -0.15) is 0 Å². The molecule has 170 valence electrons. The molecule has 6 heteroatoms. The maximum Gasteiger partial charge on any atom is 0.165 e. The molecule has 1 heterocycles. The second-order valence-corrected chi connectivity index (χ2v) is 10.0. The highest BCUT2D eigenvalue weighted by molar-refractivity contribution is 6.10. The Morgan fingerprint density at radius 2 is 1.32 bits per heavy atom. The number of rotatable bonds is 9. The van der Waals surface area contributed by atoms with Crippen LogP contribution in [-0.4, -0.2) is 36.6 Å². The van der Waals surface area contributed by atoms with Gasteiger partial charge in [-0.3, -0.25) is 14.4 Å². The topological polar surface area (TPSA) is 85.5 Å². The van der Waals surface area contributed by atoms with Gasteiger partial charge in [0.25, 0.3) is 0 Å². The average molecular weight is 430 g/mol. The van der Waals surface area contributed by atoms with E-state index in [2.05, 4.69) is 4.98 Å². The van der Waals surface area contributed by atoms with Crippen LogP contribution in [0.4, 0.5) is 0 Å². The minimum absolute atomic E-state index is 0.0457. The van der Waals surface area contributed by atoms with Crippen LogP contribution < -0.4 is 9.47 Å². The molecule has 31 heavy (non-hydrogen) atoms. The molecule has 0 aliphatic heterocycles. The molecular formula is C25H35NO5. The number of aryl methyl sites for hydroxylation is 1. The number of nitrogens with one attached hydrogen (secondary N) is 1. The largest absolute Gasteiger partial charge is 0.493 e. The molecule has 0 bridgehead atoms. The maximum absolute atomic E-state index is 13.2. The molecule has 0 atom stereocenters. The first-order valence-corrected chi connectivity index (χ1v) is 10.7. The highest BCUT2D eigenvalue weighted by Crippen LogP contribution is 2.36. The lowest BCUT2D eigenvalue weighted by atomic mass is 9.86. The molecule has 1 N–H and O–H groups in total. The molecule has 1 aromatic heterocycles. The van der Waals surface area contributed by atoms with Crippen LogP contribution in [0.25, 0.3) is 10.9 Å². The highest BCUT2D eigenvalue weighted by atomic mass is 16.5. The standard InChI is InChI=1S/C25H35NO5/c1-24(2,3)21(28)11-9-16-23(18(27)10-12-22(29)25(4,5)6)15-13-19(30-7)20(31-8)14-17(15)26-16/h13-14,26H,9-12H2,1-8H3. The normalized spacial score (nSPS) is 12.1. The number of aromatic amines is 1. The number of H-pyrrole nitrogens is 1. The number of methoxy groups -OCH3 is 2. The third-order valence-corrected chi connectivity index (χ3v) is 5.51. The summed E-state index contributed by atoms with van der Waals surface area (Å²) < 4.78 is 10.8. The van der Waals surface area contributed by atoms with Gasteiger partial charge in [-0.25, -0.2) is 0 Å².